The van der Waals surface area contributed by atoms with Gasteiger partial charge in [0.1, 0.15) is 5.82 Å². The summed E-state index contributed by atoms with van der Waals surface area (Å²) < 4.78 is 12.7. The van der Waals surface area contributed by atoms with Gasteiger partial charge in [-0.25, -0.2) is 14.4 Å². The molecule has 1 rings (SSSR count). The Morgan fingerprint density at radius 1 is 1.62 bits per heavy atom. The average Bonchev–Trinajstić information content (AvgIpc) is 2.10. The van der Waals surface area contributed by atoms with Crippen LogP contribution in [0.2, 0.25) is 0 Å². The first-order valence-electron chi connectivity index (χ1n) is 4.43. The van der Waals surface area contributed by atoms with Gasteiger partial charge >= 0.3 is 0 Å². The van der Waals surface area contributed by atoms with Crippen molar-refractivity contribution in [2.75, 3.05) is 5.73 Å². The fourth-order valence-corrected chi connectivity index (χ4v) is 1.19. The Kier molecular flexibility index (Phi) is 3.17. The van der Waals surface area contributed by atoms with E-state index in [9.17, 15) is 4.39 Å². The maximum Gasteiger partial charge on any atom is 0.183 e. The number of aromatic nitrogens is 2. The van der Waals surface area contributed by atoms with Crippen LogP contribution in [0.5, 0.6) is 0 Å². The summed E-state index contributed by atoms with van der Waals surface area (Å²) in [5.41, 5.74) is 5.33. The van der Waals surface area contributed by atoms with E-state index in [4.69, 9.17) is 5.73 Å². The number of halogens is 1. The molecule has 4 heteroatoms. The molecule has 72 valence electrons. The minimum Gasteiger partial charge on any atom is -0.381 e. The summed E-state index contributed by atoms with van der Waals surface area (Å²) in [5, 5.41) is 0. The molecule has 1 heterocycles. The monoisotopic (exact) mass is 183 g/mol. The molecule has 0 aliphatic rings. The predicted octanol–water partition coefficient (Wildman–Crippen LogP) is 2.10. The van der Waals surface area contributed by atoms with Crippen molar-refractivity contribution in [2.45, 2.75) is 32.6 Å². The van der Waals surface area contributed by atoms with Gasteiger partial charge in [-0.2, -0.15) is 0 Å². The van der Waals surface area contributed by atoms with Crippen LogP contribution in [0.15, 0.2) is 6.20 Å². The van der Waals surface area contributed by atoms with Gasteiger partial charge in [-0.1, -0.05) is 20.3 Å². The normalized spacial score (nSPS) is 12.8. The number of hydrogen-bond acceptors (Lipinski definition) is 3. The van der Waals surface area contributed by atoms with Crippen molar-refractivity contribution >= 4 is 5.82 Å². The van der Waals surface area contributed by atoms with E-state index in [1.165, 1.54) is 0 Å². The van der Waals surface area contributed by atoms with Crippen LogP contribution >= 0.6 is 0 Å². The highest BCUT2D eigenvalue weighted by atomic mass is 19.1. The average molecular weight is 183 g/mol. The molecule has 2 N–H and O–H groups in total. The molecule has 0 aromatic carbocycles. The highest BCUT2D eigenvalue weighted by molar-refractivity contribution is 5.28. The van der Waals surface area contributed by atoms with Gasteiger partial charge in [0.25, 0.3) is 0 Å². The second-order valence-electron chi connectivity index (χ2n) is 3.15. The second kappa shape index (κ2) is 4.16. The van der Waals surface area contributed by atoms with Crippen LogP contribution < -0.4 is 5.73 Å². The molecule has 0 fully saturated rings. The lowest BCUT2D eigenvalue weighted by Gasteiger charge is -2.08. The van der Waals surface area contributed by atoms with Crippen molar-refractivity contribution in [1.29, 1.82) is 0 Å². The summed E-state index contributed by atoms with van der Waals surface area (Å²) in [6.07, 6.45) is 3.18. The Hall–Kier alpha value is -1.19. The first kappa shape index (κ1) is 9.89. The molecule has 13 heavy (non-hydrogen) atoms. The van der Waals surface area contributed by atoms with Crippen LogP contribution in [-0.4, -0.2) is 9.97 Å². The van der Waals surface area contributed by atoms with Crippen molar-refractivity contribution in [3.63, 3.8) is 0 Å². The van der Waals surface area contributed by atoms with E-state index in [1.807, 2.05) is 6.92 Å². The van der Waals surface area contributed by atoms with Gasteiger partial charge in [0.2, 0.25) is 0 Å². The summed E-state index contributed by atoms with van der Waals surface area (Å²) in [6, 6.07) is 0. The molecule has 0 bridgehead atoms. The fraction of sp³-hybridized carbons (Fsp3) is 0.556. The van der Waals surface area contributed by atoms with Crippen LogP contribution in [0.1, 0.15) is 38.4 Å². The van der Waals surface area contributed by atoms with Crippen molar-refractivity contribution in [3.05, 3.63) is 17.8 Å². The third-order valence-corrected chi connectivity index (χ3v) is 1.95. The zero-order valence-corrected chi connectivity index (χ0v) is 7.92. The van der Waals surface area contributed by atoms with E-state index in [1.54, 1.807) is 0 Å². The Balaban J connectivity index is 2.84. The molecule has 0 amide bonds. The second-order valence-corrected chi connectivity index (χ2v) is 3.15. The van der Waals surface area contributed by atoms with Gasteiger partial charge in [0.15, 0.2) is 11.6 Å². The van der Waals surface area contributed by atoms with E-state index < -0.39 is 5.82 Å². The number of nitrogen functional groups attached to an aromatic ring is 1. The lowest BCUT2D eigenvalue weighted by molar-refractivity contribution is 0.590. The Morgan fingerprint density at radius 2 is 2.31 bits per heavy atom. The molecule has 0 aliphatic carbocycles. The molecule has 1 atom stereocenters. The fourth-order valence-electron chi connectivity index (χ4n) is 1.19. The maximum absolute atomic E-state index is 12.7. The number of nitrogens with zero attached hydrogens (tertiary/aromatic N) is 2. The van der Waals surface area contributed by atoms with Crippen molar-refractivity contribution in [3.8, 4) is 0 Å². The molecular weight excluding hydrogens is 169 g/mol. The van der Waals surface area contributed by atoms with Crippen LogP contribution in [-0.2, 0) is 0 Å². The van der Waals surface area contributed by atoms with Crippen LogP contribution in [0, 0.1) is 5.82 Å². The van der Waals surface area contributed by atoms with Gasteiger partial charge < -0.3 is 5.73 Å². The van der Waals surface area contributed by atoms with Crippen LogP contribution in [0.25, 0.3) is 0 Å². The van der Waals surface area contributed by atoms with E-state index in [0.717, 1.165) is 19.0 Å². The number of rotatable bonds is 3. The van der Waals surface area contributed by atoms with Gasteiger partial charge in [-0.15, -0.1) is 0 Å². The minimum absolute atomic E-state index is 0.0621. The molecule has 1 aromatic rings. The smallest absolute Gasteiger partial charge is 0.183 e. The summed E-state index contributed by atoms with van der Waals surface area (Å²) in [7, 11) is 0. The van der Waals surface area contributed by atoms with Gasteiger partial charge in [0.05, 0.1) is 6.20 Å². The lowest BCUT2D eigenvalue weighted by Crippen LogP contribution is -2.05. The molecule has 0 saturated carbocycles. The molecule has 3 nitrogen and oxygen atoms in total. The van der Waals surface area contributed by atoms with Crippen molar-refractivity contribution < 1.29 is 4.39 Å². The topological polar surface area (TPSA) is 51.8 Å². The number of nitrogens with two attached hydrogens (primary N) is 1. The first-order valence-corrected chi connectivity index (χ1v) is 4.43. The van der Waals surface area contributed by atoms with Crippen molar-refractivity contribution in [1.82, 2.24) is 9.97 Å². The first-order chi connectivity index (χ1) is 6.15. The van der Waals surface area contributed by atoms with Crippen molar-refractivity contribution in [2.24, 2.45) is 0 Å². The summed E-state index contributed by atoms with van der Waals surface area (Å²) in [5.74, 6) is 0.258. The number of hydrogen-bond donors (Lipinski definition) is 1. The van der Waals surface area contributed by atoms with E-state index in [-0.39, 0.29) is 11.7 Å². The predicted molar refractivity (Wildman–Crippen MR) is 49.7 cm³/mol. The zero-order valence-electron chi connectivity index (χ0n) is 7.92. The van der Waals surface area contributed by atoms with Crippen LogP contribution in [0.3, 0.4) is 0 Å². The maximum atomic E-state index is 12.7. The van der Waals surface area contributed by atoms with E-state index in [2.05, 4.69) is 16.9 Å². The summed E-state index contributed by atoms with van der Waals surface area (Å²) >= 11 is 0. The Labute approximate surface area is 77.2 Å². The lowest BCUT2D eigenvalue weighted by atomic mass is 10.1. The molecule has 0 radical (unpaired) electrons. The van der Waals surface area contributed by atoms with Gasteiger partial charge in [-0.05, 0) is 6.42 Å². The summed E-state index contributed by atoms with van der Waals surface area (Å²) in [6.45, 7) is 4.10. The van der Waals surface area contributed by atoms with Gasteiger partial charge in [0, 0.05) is 5.92 Å². The highest BCUT2D eigenvalue weighted by Gasteiger charge is 2.09. The van der Waals surface area contributed by atoms with Gasteiger partial charge in [-0.3, -0.25) is 0 Å². The third kappa shape index (κ3) is 2.37. The van der Waals surface area contributed by atoms with E-state index >= 15 is 0 Å². The molecule has 0 saturated heterocycles. The SMILES string of the molecule is CCCC(C)c1ncc(F)c(N)n1. The standard InChI is InChI=1S/C9H14FN3/c1-3-4-6(2)9-12-5-7(10)8(11)13-9/h5-6H,3-4H2,1-2H3,(H2,11,12,13). The molecule has 1 unspecified atom stereocenters. The third-order valence-electron chi connectivity index (χ3n) is 1.95. The van der Waals surface area contributed by atoms with Crippen LogP contribution in [0.4, 0.5) is 10.2 Å². The molecular formula is C9H14FN3. The number of anilines is 1. The minimum atomic E-state index is -0.549. The quantitative estimate of drug-likeness (QED) is 0.780. The Bertz CT molecular complexity index is 288. The zero-order chi connectivity index (χ0) is 9.84. The van der Waals surface area contributed by atoms with E-state index in [0.29, 0.717) is 5.82 Å². The summed E-state index contributed by atoms with van der Waals surface area (Å²) in [4.78, 5) is 7.77. The Morgan fingerprint density at radius 3 is 2.85 bits per heavy atom. The highest BCUT2D eigenvalue weighted by Crippen LogP contribution is 2.17. The molecule has 0 spiro atoms. The molecule has 0 aliphatic heterocycles. The largest absolute Gasteiger partial charge is 0.381 e. The molecule has 1 aromatic heterocycles.